The van der Waals surface area contributed by atoms with Gasteiger partial charge < -0.3 is 15.0 Å². The maximum atomic E-state index is 12.7. The Balaban J connectivity index is 1.52. The van der Waals surface area contributed by atoms with Gasteiger partial charge in [-0.2, -0.15) is 13.2 Å². The van der Waals surface area contributed by atoms with Crippen LogP contribution in [0.5, 0.6) is 5.75 Å². The number of carbonyl (C=O) groups is 2. The van der Waals surface area contributed by atoms with Gasteiger partial charge in [0.25, 0.3) is 11.8 Å². The lowest BCUT2D eigenvalue weighted by atomic mass is 10.2. The van der Waals surface area contributed by atoms with Gasteiger partial charge >= 0.3 is 6.18 Å². The standard InChI is InChI=1S/C22H23F3N2O3/c23-22(24,25)17-6-5-7-18(14-17)26-20(28)15-30-19-10-8-16(9-11-19)21(29)27-12-3-1-2-4-13-27/h5-11,14H,1-4,12-13,15H2,(H,26,28). The molecule has 30 heavy (non-hydrogen) atoms. The molecule has 1 fully saturated rings. The van der Waals surface area contributed by atoms with E-state index in [-0.39, 0.29) is 18.2 Å². The van der Waals surface area contributed by atoms with Crippen molar-refractivity contribution in [3.05, 3.63) is 59.7 Å². The summed E-state index contributed by atoms with van der Waals surface area (Å²) in [4.78, 5) is 26.4. The summed E-state index contributed by atoms with van der Waals surface area (Å²) in [6.07, 6.45) is -0.191. The van der Waals surface area contributed by atoms with Crippen LogP contribution in [0.15, 0.2) is 48.5 Å². The summed E-state index contributed by atoms with van der Waals surface area (Å²) in [5.74, 6) is -0.216. The number of nitrogens with zero attached hydrogens (tertiary/aromatic N) is 1. The summed E-state index contributed by atoms with van der Waals surface area (Å²) >= 11 is 0. The predicted molar refractivity (Wildman–Crippen MR) is 106 cm³/mol. The lowest BCUT2D eigenvalue weighted by molar-refractivity contribution is -0.137. The Labute approximate surface area is 172 Å². The van der Waals surface area contributed by atoms with E-state index >= 15 is 0 Å². The molecule has 0 saturated carbocycles. The van der Waals surface area contributed by atoms with Gasteiger partial charge in [-0.1, -0.05) is 18.9 Å². The maximum absolute atomic E-state index is 12.7. The van der Waals surface area contributed by atoms with Crippen molar-refractivity contribution in [1.82, 2.24) is 4.90 Å². The lowest BCUT2D eigenvalue weighted by Gasteiger charge is -2.20. The van der Waals surface area contributed by atoms with Crippen molar-refractivity contribution in [1.29, 1.82) is 0 Å². The molecule has 0 radical (unpaired) electrons. The molecule has 2 amide bonds. The second-order valence-electron chi connectivity index (χ2n) is 7.15. The third kappa shape index (κ3) is 5.98. The first kappa shape index (κ1) is 21.7. The zero-order valence-corrected chi connectivity index (χ0v) is 16.4. The van der Waals surface area contributed by atoms with E-state index in [1.807, 2.05) is 4.90 Å². The molecule has 3 rings (SSSR count). The quantitative estimate of drug-likeness (QED) is 0.760. The molecule has 8 heteroatoms. The molecule has 2 aromatic rings. The number of anilines is 1. The van der Waals surface area contributed by atoms with Gasteiger partial charge in [-0.25, -0.2) is 0 Å². The third-order valence-corrected chi connectivity index (χ3v) is 4.84. The fraction of sp³-hybridized carbons (Fsp3) is 0.364. The molecule has 1 heterocycles. The first-order valence-corrected chi connectivity index (χ1v) is 9.82. The van der Waals surface area contributed by atoms with Gasteiger partial charge in [0.1, 0.15) is 5.75 Å². The smallest absolute Gasteiger partial charge is 0.416 e. The number of amides is 2. The number of hydrogen-bond donors (Lipinski definition) is 1. The van der Waals surface area contributed by atoms with Crippen molar-refractivity contribution in [2.24, 2.45) is 0 Å². The topological polar surface area (TPSA) is 58.6 Å². The number of halogens is 3. The average molecular weight is 420 g/mol. The van der Waals surface area contributed by atoms with Crippen LogP contribution in [0.25, 0.3) is 0 Å². The molecule has 0 atom stereocenters. The zero-order chi connectivity index (χ0) is 21.6. The fourth-order valence-electron chi connectivity index (χ4n) is 3.27. The monoisotopic (exact) mass is 420 g/mol. The van der Waals surface area contributed by atoms with E-state index in [1.54, 1.807) is 24.3 Å². The second-order valence-corrected chi connectivity index (χ2v) is 7.15. The summed E-state index contributed by atoms with van der Waals surface area (Å²) in [5.41, 5.74) is -0.250. The van der Waals surface area contributed by atoms with E-state index in [0.29, 0.717) is 11.3 Å². The van der Waals surface area contributed by atoms with Gasteiger partial charge in [0.2, 0.25) is 0 Å². The number of nitrogens with one attached hydrogen (secondary N) is 1. The third-order valence-electron chi connectivity index (χ3n) is 4.84. The minimum atomic E-state index is -4.48. The zero-order valence-electron chi connectivity index (χ0n) is 16.4. The van der Waals surface area contributed by atoms with E-state index in [4.69, 9.17) is 4.74 Å². The molecule has 2 aromatic carbocycles. The fourth-order valence-corrected chi connectivity index (χ4v) is 3.27. The molecule has 5 nitrogen and oxygen atoms in total. The normalized spacial score (nSPS) is 14.7. The molecule has 160 valence electrons. The Bertz CT molecular complexity index is 874. The Hall–Kier alpha value is -3.03. The summed E-state index contributed by atoms with van der Waals surface area (Å²) in [6, 6.07) is 10.9. The van der Waals surface area contributed by atoms with Crippen LogP contribution < -0.4 is 10.1 Å². The van der Waals surface area contributed by atoms with Crippen LogP contribution in [-0.4, -0.2) is 36.4 Å². The van der Waals surface area contributed by atoms with E-state index in [0.717, 1.165) is 50.9 Å². The molecule has 1 N–H and O–H groups in total. The molecular weight excluding hydrogens is 397 g/mol. The highest BCUT2D eigenvalue weighted by atomic mass is 19.4. The highest BCUT2D eigenvalue weighted by Gasteiger charge is 2.30. The molecule has 1 saturated heterocycles. The Morgan fingerprint density at radius 1 is 0.967 bits per heavy atom. The minimum absolute atomic E-state index is 0.0225. The van der Waals surface area contributed by atoms with Crippen LogP contribution in [0, 0.1) is 0 Å². The SMILES string of the molecule is O=C(COc1ccc(C(=O)N2CCCCCC2)cc1)Nc1cccc(C(F)(F)F)c1. The van der Waals surface area contributed by atoms with Crippen LogP contribution >= 0.6 is 0 Å². The van der Waals surface area contributed by atoms with Gasteiger partial charge in [-0.15, -0.1) is 0 Å². The predicted octanol–water partition coefficient (Wildman–Crippen LogP) is 4.74. The Morgan fingerprint density at radius 3 is 2.27 bits per heavy atom. The highest BCUT2D eigenvalue weighted by molar-refractivity contribution is 5.94. The summed E-state index contributed by atoms with van der Waals surface area (Å²) in [5, 5.41) is 2.38. The van der Waals surface area contributed by atoms with E-state index in [9.17, 15) is 22.8 Å². The molecule has 1 aliphatic heterocycles. The number of carbonyl (C=O) groups excluding carboxylic acids is 2. The first-order chi connectivity index (χ1) is 14.3. The van der Waals surface area contributed by atoms with E-state index in [1.165, 1.54) is 12.1 Å². The summed E-state index contributed by atoms with van der Waals surface area (Å²) < 4.78 is 43.6. The van der Waals surface area contributed by atoms with Gasteiger partial charge in [-0.05, 0) is 55.3 Å². The van der Waals surface area contributed by atoms with Crippen LogP contribution in [0.4, 0.5) is 18.9 Å². The van der Waals surface area contributed by atoms with Crippen LogP contribution in [-0.2, 0) is 11.0 Å². The maximum Gasteiger partial charge on any atom is 0.416 e. The Kier molecular flexibility index (Phi) is 6.97. The number of hydrogen-bond acceptors (Lipinski definition) is 3. The van der Waals surface area contributed by atoms with E-state index < -0.39 is 17.6 Å². The molecule has 1 aliphatic rings. The number of ether oxygens (including phenoxy) is 1. The van der Waals surface area contributed by atoms with Crippen molar-refractivity contribution in [3.8, 4) is 5.75 Å². The van der Waals surface area contributed by atoms with Crippen molar-refractivity contribution >= 4 is 17.5 Å². The van der Waals surface area contributed by atoms with Crippen LogP contribution in [0.3, 0.4) is 0 Å². The molecule has 0 spiro atoms. The average Bonchev–Trinajstić information content (AvgIpc) is 3.01. The van der Waals surface area contributed by atoms with Gasteiger partial charge in [0, 0.05) is 24.3 Å². The van der Waals surface area contributed by atoms with Crippen molar-refractivity contribution in [3.63, 3.8) is 0 Å². The molecule has 0 bridgehead atoms. The van der Waals surface area contributed by atoms with Gasteiger partial charge in [-0.3, -0.25) is 9.59 Å². The summed E-state index contributed by atoms with van der Waals surface area (Å²) in [6.45, 7) is 1.15. The number of benzene rings is 2. The van der Waals surface area contributed by atoms with Crippen molar-refractivity contribution in [2.75, 3.05) is 25.0 Å². The second kappa shape index (κ2) is 9.65. The van der Waals surface area contributed by atoms with Crippen LogP contribution in [0.2, 0.25) is 0 Å². The molecule has 0 aromatic heterocycles. The molecular formula is C22H23F3N2O3. The number of alkyl halides is 3. The highest BCUT2D eigenvalue weighted by Crippen LogP contribution is 2.30. The number of rotatable bonds is 5. The number of likely N-dealkylation sites (tertiary alicyclic amines) is 1. The molecule has 0 aliphatic carbocycles. The van der Waals surface area contributed by atoms with E-state index in [2.05, 4.69) is 5.32 Å². The minimum Gasteiger partial charge on any atom is -0.484 e. The summed E-state index contributed by atoms with van der Waals surface area (Å²) in [7, 11) is 0. The van der Waals surface area contributed by atoms with Crippen molar-refractivity contribution < 1.29 is 27.5 Å². The Morgan fingerprint density at radius 2 is 1.63 bits per heavy atom. The van der Waals surface area contributed by atoms with Gasteiger partial charge in [0.15, 0.2) is 6.61 Å². The van der Waals surface area contributed by atoms with Crippen molar-refractivity contribution in [2.45, 2.75) is 31.9 Å². The first-order valence-electron chi connectivity index (χ1n) is 9.82. The molecule has 0 unspecified atom stereocenters. The van der Waals surface area contributed by atoms with Gasteiger partial charge in [0.05, 0.1) is 5.56 Å². The van der Waals surface area contributed by atoms with Crippen LogP contribution in [0.1, 0.15) is 41.6 Å². The largest absolute Gasteiger partial charge is 0.484 e. The lowest BCUT2D eigenvalue weighted by Crippen LogP contribution is -2.31.